The molecule has 0 amide bonds. The van der Waals surface area contributed by atoms with Gasteiger partial charge in [0.25, 0.3) is 0 Å². The van der Waals surface area contributed by atoms with Crippen LogP contribution in [0, 0.1) is 0 Å². The molecule has 2 atom stereocenters. The van der Waals surface area contributed by atoms with Gasteiger partial charge in [0.1, 0.15) is 30.8 Å². The Hall–Kier alpha value is -6.20. The number of phenols is 3. The third-order valence-electron chi connectivity index (χ3n) is 7.00. The van der Waals surface area contributed by atoms with Gasteiger partial charge in [-0.3, -0.25) is 0 Å². The summed E-state index contributed by atoms with van der Waals surface area (Å²) in [6, 6.07) is 21.9. The first-order valence-electron chi connectivity index (χ1n) is 15.0. The Morgan fingerprint density at radius 3 is 1.82 bits per heavy atom. The van der Waals surface area contributed by atoms with Gasteiger partial charge < -0.3 is 44.1 Å². The molecule has 49 heavy (non-hydrogen) atoms. The quantitative estimate of drug-likeness (QED) is 0.0891. The normalized spacial score (nSPS) is 12.6. The van der Waals surface area contributed by atoms with Crippen LogP contribution in [0.25, 0.3) is 18.2 Å². The summed E-state index contributed by atoms with van der Waals surface area (Å²) in [5.74, 6) is -0.426. The van der Waals surface area contributed by atoms with Crippen LogP contribution in [0.2, 0.25) is 0 Å². The summed E-state index contributed by atoms with van der Waals surface area (Å²) in [7, 11) is 2.82. The van der Waals surface area contributed by atoms with Crippen LogP contribution in [0.3, 0.4) is 0 Å². The average molecular weight is 669 g/mol. The summed E-state index contributed by atoms with van der Waals surface area (Å²) in [4.78, 5) is 24.6. The molecule has 11 heteroatoms. The summed E-state index contributed by atoms with van der Waals surface area (Å²) < 4.78 is 27.5. The number of phenolic OH excluding ortho intramolecular Hbond substituents is 3. The Morgan fingerprint density at radius 1 is 0.653 bits per heavy atom. The molecule has 0 bridgehead atoms. The van der Waals surface area contributed by atoms with Crippen molar-refractivity contribution in [3.63, 3.8) is 0 Å². The van der Waals surface area contributed by atoms with Gasteiger partial charge in [-0.1, -0.05) is 42.5 Å². The number of carbonyl (C=O) groups excluding carboxylic acids is 2. The van der Waals surface area contributed by atoms with Crippen LogP contribution in [0.5, 0.6) is 34.5 Å². The number of aromatic hydroxyl groups is 3. The van der Waals surface area contributed by atoms with E-state index in [1.54, 1.807) is 60.7 Å². The van der Waals surface area contributed by atoms with E-state index in [1.165, 1.54) is 74.9 Å². The highest BCUT2D eigenvalue weighted by Gasteiger charge is 2.27. The zero-order valence-corrected chi connectivity index (χ0v) is 26.8. The van der Waals surface area contributed by atoms with Crippen LogP contribution in [0.15, 0.2) is 103 Å². The van der Waals surface area contributed by atoms with Gasteiger partial charge in [-0.25, -0.2) is 9.59 Å². The van der Waals surface area contributed by atoms with Gasteiger partial charge >= 0.3 is 11.9 Å². The van der Waals surface area contributed by atoms with E-state index in [1.807, 2.05) is 0 Å². The molecule has 4 aromatic carbocycles. The van der Waals surface area contributed by atoms with E-state index in [0.717, 1.165) is 5.56 Å². The second-order valence-corrected chi connectivity index (χ2v) is 10.5. The van der Waals surface area contributed by atoms with Crippen LogP contribution >= 0.6 is 0 Å². The van der Waals surface area contributed by atoms with Crippen LogP contribution in [-0.2, 0) is 19.1 Å². The van der Waals surface area contributed by atoms with E-state index in [0.29, 0.717) is 22.4 Å². The lowest BCUT2D eigenvalue weighted by molar-refractivity contribution is -0.142. The lowest BCUT2D eigenvalue weighted by atomic mass is 10.0. The molecular weight excluding hydrogens is 632 g/mol. The van der Waals surface area contributed by atoms with Gasteiger partial charge in [0.2, 0.25) is 0 Å². The smallest absolute Gasteiger partial charge is 0.331 e. The Bertz CT molecular complexity index is 1790. The average Bonchev–Trinajstić information content (AvgIpc) is 3.11. The molecule has 0 aliphatic heterocycles. The topological polar surface area (TPSA) is 161 Å². The van der Waals surface area contributed by atoms with Crippen LogP contribution in [0.1, 0.15) is 28.4 Å². The van der Waals surface area contributed by atoms with Gasteiger partial charge in [-0.2, -0.15) is 0 Å². The van der Waals surface area contributed by atoms with Crippen molar-refractivity contribution in [2.45, 2.75) is 12.2 Å². The summed E-state index contributed by atoms with van der Waals surface area (Å²) in [5, 5.41) is 40.2. The monoisotopic (exact) mass is 668 g/mol. The molecule has 4 aromatic rings. The second kappa shape index (κ2) is 17.6. The number of aliphatic hydroxyl groups is 1. The zero-order chi connectivity index (χ0) is 35.2. The first-order valence-corrected chi connectivity index (χ1v) is 15.0. The Balaban J connectivity index is 1.43. The molecule has 0 heterocycles. The molecule has 4 rings (SSSR count). The van der Waals surface area contributed by atoms with Crippen molar-refractivity contribution in [2.24, 2.45) is 0 Å². The maximum atomic E-state index is 12.6. The van der Waals surface area contributed by atoms with Crippen LogP contribution < -0.4 is 14.2 Å². The fraction of sp³-hybridized carbons (Fsp3) is 0.158. The number of benzene rings is 4. The number of aliphatic hydroxyl groups excluding tert-OH is 1. The van der Waals surface area contributed by atoms with E-state index in [9.17, 15) is 30.0 Å². The molecule has 0 aliphatic carbocycles. The molecule has 0 fully saturated rings. The minimum absolute atomic E-state index is 0.0102. The van der Waals surface area contributed by atoms with Crippen LogP contribution in [-0.4, -0.2) is 65.9 Å². The molecule has 0 saturated carbocycles. The number of rotatable bonds is 15. The predicted molar refractivity (Wildman–Crippen MR) is 182 cm³/mol. The van der Waals surface area contributed by atoms with E-state index >= 15 is 0 Å². The van der Waals surface area contributed by atoms with Crippen molar-refractivity contribution >= 4 is 30.2 Å². The van der Waals surface area contributed by atoms with Crippen molar-refractivity contribution in [1.29, 1.82) is 0 Å². The van der Waals surface area contributed by atoms with Crippen molar-refractivity contribution in [3.05, 3.63) is 125 Å². The van der Waals surface area contributed by atoms with E-state index in [4.69, 9.17) is 23.7 Å². The maximum absolute atomic E-state index is 12.6. The molecule has 0 aromatic heterocycles. The second-order valence-electron chi connectivity index (χ2n) is 10.5. The molecule has 0 unspecified atom stereocenters. The van der Waals surface area contributed by atoms with Crippen molar-refractivity contribution in [1.82, 2.24) is 0 Å². The zero-order valence-electron chi connectivity index (χ0n) is 26.8. The maximum Gasteiger partial charge on any atom is 0.331 e. The Labute approximate surface area is 283 Å². The van der Waals surface area contributed by atoms with Gasteiger partial charge in [0.15, 0.2) is 29.1 Å². The molecule has 0 saturated heterocycles. The molecule has 0 aliphatic rings. The van der Waals surface area contributed by atoms with E-state index < -0.39 is 24.1 Å². The molecular formula is C38H36O11. The fourth-order valence-corrected chi connectivity index (χ4v) is 4.41. The van der Waals surface area contributed by atoms with Crippen LogP contribution in [0.4, 0.5) is 0 Å². The highest BCUT2D eigenvalue weighted by molar-refractivity contribution is 5.87. The van der Waals surface area contributed by atoms with Gasteiger partial charge in [-0.15, -0.1) is 0 Å². The summed E-state index contributed by atoms with van der Waals surface area (Å²) >= 11 is 0. The largest absolute Gasteiger partial charge is 0.508 e. The Morgan fingerprint density at radius 2 is 1.22 bits per heavy atom. The fourth-order valence-electron chi connectivity index (χ4n) is 4.41. The van der Waals surface area contributed by atoms with Gasteiger partial charge in [0.05, 0.1) is 14.2 Å². The van der Waals surface area contributed by atoms with Crippen molar-refractivity contribution in [3.8, 4) is 34.5 Å². The molecule has 11 nitrogen and oxygen atoms in total. The highest BCUT2D eigenvalue weighted by atomic mass is 16.6. The number of carbonyl (C=O) groups is 2. The number of ether oxygens (including phenoxy) is 5. The highest BCUT2D eigenvalue weighted by Crippen LogP contribution is 2.34. The summed E-state index contributed by atoms with van der Waals surface area (Å²) in [5.41, 5.74) is 2.43. The third kappa shape index (κ3) is 10.9. The molecule has 0 spiro atoms. The van der Waals surface area contributed by atoms with Crippen molar-refractivity contribution < 1.29 is 53.7 Å². The summed E-state index contributed by atoms with van der Waals surface area (Å²) in [6.45, 7) is -0.350. The number of hydrogen-bond donors (Lipinski definition) is 4. The van der Waals surface area contributed by atoms with Gasteiger partial charge in [0, 0.05) is 12.2 Å². The lowest BCUT2D eigenvalue weighted by Gasteiger charge is -2.25. The molecule has 0 radical (unpaired) electrons. The predicted octanol–water partition coefficient (Wildman–Crippen LogP) is 5.83. The van der Waals surface area contributed by atoms with Crippen molar-refractivity contribution in [2.75, 3.05) is 27.4 Å². The number of esters is 2. The minimum Gasteiger partial charge on any atom is -0.508 e. The van der Waals surface area contributed by atoms with E-state index in [-0.39, 0.29) is 42.0 Å². The lowest BCUT2D eigenvalue weighted by Crippen LogP contribution is -2.31. The number of methoxy groups -OCH3 is 2. The minimum atomic E-state index is -1.33. The Kier molecular flexibility index (Phi) is 12.8. The summed E-state index contributed by atoms with van der Waals surface area (Å²) in [6.07, 6.45) is 6.52. The van der Waals surface area contributed by atoms with Gasteiger partial charge in [-0.05, 0) is 89.0 Å². The first-order chi connectivity index (χ1) is 23.6. The van der Waals surface area contributed by atoms with E-state index in [2.05, 4.69) is 0 Å². The number of hydrogen-bond acceptors (Lipinski definition) is 11. The third-order valence-corrected chi connectivity index (χ3v) is 7.00. The standard InChI is InChI=1S/C38H36O11/c1-45-33-23-28(12-17-31(33)41)38(44)35(24-48-37(43)20-11-26-7-15-30(40)16-8-26)49-32-18-9-27(22-34(32)46-2)4-3-21-47-36(42)19-10-25-5-13-29(39)14-6-25/h3-20,22-23,35,38-41,44H,21,24H2,1-2H3/b4-3+,19-10-,20-11+/t35-,38-/m0/s1. The SMILES string of the molecule is COc1cc([C@H](O)[C@H](COC(=O)/C=C/c2ccc(O)cc2)Oc2ccc(/C=C/COC(=O)/C=C\c3ccc(O)cc3)cc2OC)ccc1O. The molecule has 254 valence electrons. The molecule has 4 N–H and O–H groups in total. The first kappa shape index (κ1) is 35.7.